The van der Waals surface area contributed by atoms with Gasteiger partial charge < -0.3 is 5.73 Å². The Kier molecular flexibility index (Phi) is 5.64. The van der Waals surface area contributed by atoms with E-state index in [0.29, 0.717) is 34.9 Å². The summed E-state index contributed by atoms with van der Waals surface area (Å²) in [6, 6.07) is 5.21. The largest absolute Gasteiger partial charge is 0.330 e. The first-order valence-electron chi connectivity index (χ1n) is 6.60. The minimum Gasteiger partial charge on any atom is -0.330 e. The Morgan fingerprint density at radius 3 is 2.50 bits per heavy atom. The van der Waals surface area contributed by atoms with Crippen LogP contribution < -0.4 is 5.73 Å². The summed E-state index contributed by atoms with van der Waals surface area (Å²) in [5.74, 6) is 0.553. The number of hydrogen-bond donors (Lipinski definition) is 1. The Hall–Kier alpha value is 0.0500. The quantitative estimate of drug-likeness (QED) is 0.806. The van der Waals surface area contributed by atoms with Crippen LogP contribution in [-0.2, 0) is 10.0 Å². The zero-order valence-electron chi connectivity index (χ0n) is 11.1. The van der Waals surface area contributed by atoms with Crippen LogP contribution in [0.1, 0.15) is 19.3 Å². The fraction of sp³-hybridized carbons (Fsp3) is 0.538. The molecule has 0 aliphatic carbocycles. The number of halogens is 2. The SMILES string of the molecule is NCCC1CCN(S(=O)(=O)c2cc(Br)ccc2Br)CC1. The number of sulfonamides is 1. The van der Waals surface area contributed by atoms with Crippen molar-refractivity contribution >= 4 is 41.9 Å². The molecule has 1 saturated heterocycles. The summed E-state index contributed by atoms with van der Waals surface area (Å²) in [6.45, 7) is 1.83. The van der Waals surface area contributed by atoms with Gasteiger partial charge in [-0.2, -0.15) is 4.31 Å². The standard InChI is InChI=1S/C13H18Br2N2O2S/c14-11-1-2-12(15)13(9-11)20(18,19)17-7-4-10(3-6-16)5-8-17/h1-2,9-10H,3-8,16H2. The van der Waals surface area contributed by atoms with E-state index in [2.05, 4.69) is 31.9 Å². The van der Waals surface area contributed by atoms with Crippen LogP contribution in [0.4, 0.5) is 0 Å². The van der Waals surface area contributed by atoms with Crippen molar-refractivity contribution < 1.29 is 8.42 Å². The van der Waals surface area contributed by atoms with E-state index in [0.717, 1.165) is 23.7 Å². The van der Waals surface area contributed by atoms with Crippen molar-refractivity contribution in [3.63, 3.8) is 0 Å². The maximum Gasteiger partial charge on any atom is 0.244 e. The Morgan fingerprint density at radius 2 is 1.90 bits per heavy atom. The van der Waals surface area contributed by atoms with Crippen LogP contribution in [0.5, 0.6) is 0 Å². The lowest BCUT2D eigenvalue weighted by molar-refractivity contribution is 0.265. The Balaban J connectivity index is 2.18. The average Bonchev–Trinajstić information content (AvgIpc) is 2.42. The molecule has 0 atom stereocenters. The second-order valence-corrected chi connectivity index (χ2v) is 8.68. The second-order valence-electron chi connectivity index (χ2n) is 5.00. The summed E-state index contributed by atoms with van der Waals surface area (Å²) in [7, 11) is -3.43. The first-order chi connectivity index (χ1) is 9.45. The normalized spacial score (nSPS) is 18.4. The molecule has 1 aliphatic heterocycles. The van der Waals surface area contributed by atoms with Gasteiger partial charge in [-0.3, -0.25) is 0 Å². The number of nitrogens with zero attached hydrogens (tertiary/aromatic N) is 1. The number of benzene rings is 1. The minimum atomic E-state index is -3.43. The van der Waals surface area contributed by atoms with Crippen LogP contribution >= 0.6 is 31.9 Å². The summed E-state index contributed by atoms with van der Waals surface area (Å²) < 4.78 is 28.3. The van der Waals surface area contributed by atoms with Gasteiger partial charge in [0.25, 0.3) is 0 Å². The predicted octanol–water partition coefficient (Wildman–Crippen LogP) is 2.96. The van der Waals surface area contributed by atoms with Gasteiger partial charge in [-0.15, -0.1) is 0 Å². The van der Waals surface area contributed by atoms with Gasteiger partial charge in [0.2, 0.25) is 10.0 Å². The van der Waals surface area contributed by atoms with Gasteiger partial charge in [0, 0.05) is 22.0 Å². The van der Waals surface area contributed by atoms with Crippen LogP contribution in [0.25, 0.3) is 0 Å². The molecule has 1 aliphatic rings. The molecule has 1 aromatic rings. The van der Waals surface area contributed by atoms with Crippen LogP contribution in [0.3, 0.4) is 0 Å². The van der Waals surface area contributed by atoms with Gasteiger partial charge >= 0.3 is 0 Å². The van der Waals surface area contributed by atoms with Gasteiger partial charge in [0.05, 0.1) is 4.90 Å². The molecule has 20 heavy (non-hydrogen) atoms. The topological polar surface area (TPSA) is 63.4 Å². The molecule has 4 nitrogen and oxygen atoms in total. The molecule has 0 aromatic heterocycles. The van der Waals surface area contributed by atoms with Crippen molar-refractivity contribution in [1.82, 2.24) is 4.31 Å². The van der Waals surface area contributed by atoms with Crippen molar-refractivity contribution in [2.45, 2.75) is 24.2 Å². The lowest BCUT2D eigenvalue weighted by atomic mass is 9.95. The number of hydrogen-bond acceptors (Lipinski definition) is 3. The van der Waals surface area contributed by atoms with Crippen molar-refractivity contribution in [1.29, 1.82) is 0 Å². The number of piperidine rings is 1. The highest BCUT2D eigenvalue weighted by Gasteiger charge is 2.30. The molecule has 7 heteroatoms. The monoisotopic (exact) mass is 424 g/mol. The van der Waals surface area contributed by atoms with E-state index < -0.39 is 10.0 Å². The summed E-state index contributed by atoms with van der Waals surface area (Å²) >= 11 is 6.65. The number of nitrogens with two attached hydrogens (primary N) is 1. The zero-order chi connectivity index (χ0) is 14.8. The summed E-state index contributed by atoms with van der Waals surface area (Å²) in [6.07, 6.45) is 2.76. The Morgan fingerprint density at radius 1 is 1.25 bits per heavy atom. The molecule has 0 spiro atoms. The van der Waals surface area contributed by atoms with Gasteiger partial charge in [0.1, 0.15) is 0 Å². The van der Waals surface area contributed by atoms with Crippen molar-refractivity contribution in [3.8, 4) is 0 Å². The zero-order valence-corrected chi connectivity index (χ0v) is 15.0. The Bertz CT molecular complexity index is 570. The summed E-state index contributed by atoms with van der Waals surface area (Å²) in [5.41, 5.74) is 5.56. The summed E-state index contributed by atoms with van der Waals surface area (Å²) in [4.78, 5) is 0.323. The molecule has 112 valence electrons. The van der Waals surface area contributed by atoms with Crippen LogP contribution in [0.2, 0.25) is 0 Å². The van der Waals surface area contributed by atoms with E-state index in [1.165, 1.54) is 0 Å². The number of rotatable bonds is 4. The molecule has 0 unspecified atom stereocenters. The highest BCUT2D eigenvalue weighted by Crippen LogP contribution is 2.31. The first kappa shape index (κ1) is 16.4. The molecule has 1 fully saturated rings. The molecule has 0 saturated carbocycles. The van der Waals surface area contributed by atoms with Crippen LogP contribution in [0.15, 0.2) is 32.0 Å². The maximum absolute atomic E-state index is 12.7. The van der Waals surface area contributed by atoms with Crippen molar-refractivity contribution in [3.05, 3.63) is 27.1 Å². The van der Waals surface area contributed by atoms with Gasteiger partial charge in [0.15, 0.2) is 0 Å². The Labute approximate surface area is 137 Å². The van der Waals surface area contributed by atoms with Gasteiger partial charge in [-0.05, 0) is 65.9 Å². The third-order valence-corrected chi connectivity index (χ3v) is 7.05. The highest BCUT2D eigenvalue weighted by molar-refractivity contribution is 9.11. The fourth-order valence-corrected chi connectivity index (χ4v) is 5.42. The average molecular weight is 426 g/mol. The van der Waals surface area contributed by atoms with Crippen LogP contribution in [-0.4, -0.2) is 32.4 Å². The third-order valence-electron chi connectivity index (χ3n) is 3.66. The smallest absolute Gasteiger partial charge is 0.244 e. The molecular formula is C13H18Br2N2O2S. The van der Waals surface area contributed by atoms with Gasteiger partial charge in [-0.1, -0.05) is 15.9 Å². The van der Waals surface area contributed by atoms with Gasteiger partial charge in [-0.25, -0.2) is 8.42 Å². The molecule has 0 bridgehead atoms. The summed E-state index contributed by atoms with van der Waals surface area (Å²) in [5, 5.41) is 0. The van der Waals surface area contributed by atoms with E-state index in [9.17, 15) is 8.42 Å². The molecule has 1 heterocycles. The lowest BCUT2D eigenvalue weighted by Gasteiger charge is -2.31. The fourth-order valence-electron chi connectivity index (χ4n) is 2.49. The van der Waals surface area contributed by atoms with Crippen LogP contribution in [0, 0.1) is 5.92 Å². The van der Waals surface area contributed by atoms with E-state index in [1.54, 1.807) is 16.4 Å². The highest BCUT2D eigenvalue weighted by atomic mass is 79.9. The second kappa shape index (κ2) is 6.87. The lowest BCUT2D eigenvalue weighted by Crippen LogP contribution is -2.38. The molecule has 1 aromatic carbocycles. The third kappa shape index (κ3) is 3.62. The minimum absolute atomic E-state index is 0.323. The van der Waals surface area contributed by atoms with Crippen molar-refractivity contribution in [2.75, 3.05) is 19.6 Å². The van der Waals surface area contributed by atoms with E-state index in [4.69, 9.17) is 5.73 Å². The van der Waals surface area contributed by atoms with E-state index in [-0.39, 0.29) is 0 Å². The molecule has 0 amide bonds. The van der Waals surface area contributed by atoms with Crippen molar-refractivity contribution in [2.24, 2.45) is 11.7 Å². The molecule has 2 N–H and O–H groups in total. The van der Waals surface area contributed by atoms with E-state index in [1.807, 2.05) is 6.07 Å². The first-order valence-corrected chi connectivity index (χ1v) is 9.63. The molecule has 0 radical (unpaired) electrons. The predicted molar refractivity (Wildman–Crippen MR) is 87.0 cm³/mol. The van der Waals surface area contributed by atoms with E-state index >= 15 is 0 Å². The maximum atomic E-state index is 12.7. The molecule has 2 rings (SSSR count). The molecular weight excluding hydrogens is 408 g/mol.